The van der Waals surface area contributed by atoms with Gasteiger partial charge in [-0.25, -0.2) is 9.78 Å². The van der Waals surface area contributed by atoms with Gasteiger partial charge in [-0.15, -0.1) is 11.3 Å². The average molecular weight is 279 g/mol. The Morgan fingerprint density at radius 1 is 1.53 bits per heavy atom. The number of nitro benzene ring substituents is 1. The van der Waals surface area contributed by atoms with E-state index in [0.717, 1.165) is 11.8 Å². The van der Waals surface area contributed by atoms with E-state index >= 15 is 0 Å². The van der Waals surface area contributed by atoms with Crippen LogP contribution in [0.25, 0.3) is 0 Å². The Kier molecular flexibility index (Phi) is 3.71. The van der Waals surface area contributed by atoms with E-state index in [0.29, 0.717) is 12.2 Å². The van der Waals surface area contributed by atoms with Crippen molar-refractivity contribution in [3.63, 3.8) is 0 Å². The molecule has 0 radical (unpaired) electrons. The number of nitrogens with zero attached hydrogens (tertiary/aromatic N) is 2. The van der Waals surface area contributed by atoms with Crippen molar-refractivity contribution in [2.24, 2.45) is 0 Å². The van der Waals surface area contributed by atoms with Crippen LogP contribution >= 0.6 is 11.3 Å². The first-order chi connectivity index (χ1) is 9.08. The van der Waals surface area contributed by atoms with Crippen LogP contribution < -0.4 is 5.32 Å². The number of carboxylic acids is 1. The lowest BCUT2D eigenvalue weighted by atomic mass is 10.1. The number of nitro groups is 1. The molecule has 19 heavy (non-hydrogen) atoms. The van der Waals surface area contributed by atoms with Gasteiger partial charge in [0.2, 0.25) is 0 Å². The van der Waals surface area contributed by atoms with Crippen LogP contribution in [0.2, 0.25) is 0 Å². The van der Waals surface area contributed by atoms with E-state index in [9.17, 15) is 14.9 Å². The van der Waals surface area contributed by atoms with Gasteiger partial charge in [0.25, 0.3) is 5.69 Å². The van der Waals surface area contributed by atoms with Crippen LogP contribution in [0.3, 0.4) is 0 Å². The number of non-ortho nitro benzene ring substituents is 1. The highest BCUT2D eigenvalue weighted by Crippen LogP contribution is 2.22. The molecule has 8 heteroatoms. The van der Waals surface area contributed by atoms with Crippen molar-refractivity contribution in [3.05, 3.63) is 50.5 Å². The first kappa shape index (κ1) is 13.0. The van der Waals surface area contributed by atoms with Crippen LogP contribution in [0, 0.1) is 10.1 Å². The van der Waals surface area contributed by atoms with E-state index in [1.54, 1.807) is 5.51 Å². The molecule has 2 N–H and O–H groups in total. The normalized spacial score (nSPS) is 10.1. The summed E-state index contributed by atoms with van der Waals surface area (Å²) in [5.74, 6) is -1.22. The Hall–Kier alpha value is -2.48. The Morgan fingerprint density at radius 2 is 2.32 bits per heavy atom. The summed E-state index contributed by atoms with van der Waals surface area (Å²) < 4.78 is 0. The number of hydrogen-bond donors (Lipinski definition) is 2. The number of carbonyl (C=O) groups is 1. The van der Waals surface area contributed by atoms with Gasteiger partial charge in [0.05, 0.1) is 28.2 Å². The molecule has 1 heterocycles. The predicted octanol–water partition coefficient (Wildman–Crippen LogP) is 2.36. The molecule has 7 nitrogen and oxygen atoms in total. The first-order valence-electron chi connectivity index (χ1n) is 5.20. The van der Waals surface area contributed by atoms with Crippen LogP contribution in [-0.2, 0) is 6.54 Å². The second-order valence-corrected chi connectivity index (χ2v) is 4.34. The number of anilines is 1. The van der Waals surface area contributed by atoms with Crippen molar-refractivity contribution < 1.29 is 14.8 Å². The van der Waals surface area contributed by atoms with Gasteiger partial charge in [-0.2, -0.15) is 0 Å². The maximum atomic E-state index is 11.1. The smallest absolute Gasteiger partial charge is 0.338 e. The summed E-state index contributed by atoms with van der Waals surface area (Å²) in [5.41, 5.74) is 2.39. The maximum absolute atomic E-state index is 11.1. The Labute approximate surface area is 111 Å². The molecule has 0 aliphatic heterocycles. The largest absolute Gasteiger partial charge is 0.478 e. The fraction of sp³-hybridized carbons (Fsp3) is 0.0909. The minimum Gasteiger partial charge on any atom is -0.478 e. The van der Waals surface area contributed by atoms with Gasteiger partial charge in [0, 0.05) is 23.2 Å². The van der Waals surface area contributed by atoms with Crippen molar-refractivity contribution in [3.8, 4) is 0 Å². The summed E-state index contributed by atoms with van der Waals surface area (Å²) in [6, 6.07) is 3.68. The monoisotopic (exact) mass is 279 g/mol. The summed E-state index contributed by atoms with van der Waals surface area (Å²) in [5, 5.41) is 24.4. The SMILES string of the molecule is O=C(O)c1cc([N+](=O)[O-])ccc1NCc1cscn1. The molecule has 2 rings (SSSR count). The fourth-order valence-corrected chi connectivity index (χ4v) is 2.05. The van der Waals surface area contributed by atoms with E-state index in [1.807, 2.05) is 5.38 Å². The van der Waals surface area contributed by atoms with Crippen molar-refractivity contribution in [1.29, 1.82) is 0 Å². The highest BCUT2D eigenvalue weighted by Gasteiger charge is 2.15. The van der Waals surface area contributed by atoms with Crippen molar-refractivity contribution >= 4 is 28.7 Å². The molecule has 98 valence electrons. The molecule has 0 amide bonds. The third kappa shape index (κ3) is 3.05. The van der Waals surface area contributed by atoms with Crippen molar-refractivity contribution in [2.75, 3.05) is 5.32 Å². The molecule has 0 aliphatic carbocycles. The summed E-state index contributed by atoms with van der Waals surface area (Å²) in [6.45, 7) is 0.363. The molecule has 0 fully saturated rings. The molecule has 0 unspecified atom stereocenters. The molecular weight excluding hydrogens is 270 g/mol. The summed E-state index contributed by atoms with van der Waals surface area (Å²) >= 11 is 1.43. The zero-order valence-corrected chi connectivity index (χ0v) is 10.4. The van der Waals surface area contributed by atoms with Gasteiger partial charge in [-0.1, -0.05) is 0 Å². The predicted molar refractivity (Wildman–Crippen MR) is 69.5 cm³/mol. The number of thiazole rings is 1. The highest BCUT2D eigenvalue weighted by molar-refractivity contribution is 7.07. The second-order valence-electron chi connectivity index (χ2n) is 3.63. The van der Waals surface area contributed by atoms with E-state index in [4.69, 9.17) is 5.11 Å². The molecule has 0 aliphatic rings. The van der Waals surface area contributed by atoms with Gasteiger partial charge in [-0.3, -0.25) is 10.1 Å². The third-order valence-corrected chi connectivity index (χ3v) is 3.02. The number of aromatic carboxylic acids is 1. The van der Waals surface area contributed by atoms with Crippen LogP contribution in [-0.4, -0.2) is 21.0 Å². The molecule has 1 aromatic carbocycles. The Balaban J connectivity index is 2.24. The average Bonchev–Trinajstić information content (AvgIpc) is 2.89. The van der Waals surface area contributed by atoms with Crippen molar-refractivity contribution in [1.82, 2.24) is 4.98 Å². The zero-order valence-electron chi connectivity index (χ0n) is 9.57. The van der Waals surface area contributed by atoms with Gasteiger partial charge in [-0.05, 0) is 6.07 Å². The minimum atomic E-state index is -1.22. The van der Waals surface area contributed by atoms with Gasteiger partial charge in [0.15, 0.2) is 0 Å². The lowest BCUT2D eigenvalue weighted by Crippen LogP contribution is -2.07. The Bertz CT molecular complexity index is 612. The molecule has 0 saturated heterocycles. The van der Waals surface area contributed by atoms with Gasteiger partial charge >= 0.3 is 5.97 Å². The number of aromatic nitrogens is 1. The van der Waals surface area contributed by atoms with Gasteiger partial charge in [0.1, 0.15) is 0 Å². The number of benzene rings is 1. The zero-order chi connectivity index (χ0) is 13.8. The number of rotatable bonds is 5. The molecule has 0 saturated carbocycles. The minimum absolute atomic E-state index is 0.135. The van der Waals surface area contributed by atoms with Gasteiger partial charge < -0.3 is 10.4 Å². The van der Waals surface area contributed by atoms with E-state index in [1.165, 1.54) is 23.5 Å². The van der Waals surface area contributed by atoms with E-state index in [-0.39, 0.29) is 11.3 Å². The second kappa shape index (κ2) is 5.44. The first-order valence-corrected chi connectivity index (χ1v) is 6.15. The van der Waals surface area contributed by atoms with Crippen molar-refractivity contribution in [2.45, 2.75) is 6.54 Å². The Morgan fingerprint density at radius 3 is 2.89 bits per heavy atom. The van der Waals surface area contributed by atoms with E-state index in [2.05, 4.69) is 10.3 Å². The van der Waals surface area contributed by atoms with Crippen LogP contribution in [0.5, 0.6) is 0 Å². The standard InChI is InChI=1S/C11H9N3O4S/c15-11(16)9-3-8(14(17)18)1-2-10(9)12-4-7-5-19-6-13-7/h1-3,5-6,12H,4H2,(H,15,16). The quantitative estimate of drug-likeness (QED) is 0.643. The molecule has 2 aromatic rings. The van der Waals surface area contributed by atoms with Crippen LogP contribution in [0.15, 0.2) is 29.1 Å². The number of carboxylic acid groups (broad SMARTS) is 1. The van der Waals surface area contributed by atoms with Crippen LogP contribution in [0.4, 0.5) is 11.4 Å². The lowest BCUT2D eigenvalue weighted by Gasteiger charge is -2.08. The van der Waals surface area contributed by atoms with Crippen LogP contribution in [0.1, 0.15) is 16.1 Å². The molecular formula is C11H9N3O4S. The summed E-state index contributed by atoms with van der Waals surface area (Å²) in [7, 11) is 0. The summed E-state index contributed by atoms with van der Waals surface area (Å²) in [4.78, 5) is 25.1. The summed E-state index contributed by atoms with van der Waals surface area (Å²) in [6.07, 6.45) is 0. The maximum Gasteiger partial charge on any atom is 0.338 e. The molecule has 0 spiro atoms. The third-order valence-electron chi connectivity index (χ3n) is 2.39. The van der Waals surface area contributed by atoms with E-state index < -0.39 is 10.9 Å². The lowest BCUT2D eigenvalue weighted by molar-refractivity contribution is -0.384. The number of hydrogen-bond acceptors (Lipinski definition) is 6. The fourth-order valence-electron chi connectivity index (χ4n) is 1.49. The molecule has 0 bridgehead atoms. The number of nitrogens with one attached hydrogen (secondary N) is 1. The molecule has 1 aromatic heterocycles. The highest BCUT2D eigenvalue weighted by atomic mass is 32.1. The molecule has 0 atom stereocenters. The topological polar surface area (TPSA) is 105 Å².